The first-order chi connectivity index (χ1) is 7.27. The van der Waals surface area contributed by atoms with Crippen LogP contribution in [0.1, 0.15) is 26.2 Å². The Labute approximate surface area is 90.5 Å². The Balaban J connectivity index is 1.88. The molecule has 2 rings (SSSR count). The van der Waals surface area contributed by atoms with Crippen LogP contribution < -0.4 is 5.32 Å². The lowest BCUT2D eigenvalue weighted by Gasteiger charge is -2.27. The predicted molar refractivity (Wildman–Crippen MR) is 55.4 cm³/mol. The lowest BCUT2D eigenvalue weighted by molar-refractivity contribution is 0.0800. The van der Waals surface area contributed by atoms with Crippen LogP contribution in [-0.4, -0.2) is 37.5 Å². The van der Waals surface area contributed by atoms with Crippen molar-refractivity contribution < 1.29 is 9.47 Å². The van der Waals surface area contributed by atoms with E-state index in [4.69, 9.17) is 9.47 Å². The van der Waals surface area contributed by atoms with Crippen molar-refractivity contribution in [1.29, 1.82) is 5.26 Å². The molecule has 0 aromatic rings. The van der Waals surface area contributed by atoms with Gasteiger partial charge in [-0.1, -0.05) is 0 Å². The molecule has 0 aromatic carbocycles. The van der Waals surface area contributed by atoms with Gasteiger partial charge in [-0.15, -0.1) is 0 Å². The van der Waals surface area contributed by atoms with Crippen molar-refractivity contribution >= 4 is 0 Å². The quantitative estimate of drug-likeness (QED) is 0.749. The van der Waals surface area contributed by atoms with E-state index in [-0.39, 0.29) is 12.2 Å². The van der Waals surface area contributed by atoms with Crippen LogP contribution in [0, 0.1) is 11.3 Å². The van der Waals surface area contributed by atoms with E-state index in [1.807, 2.05) is 6.92 Å². The van der Waals surface area contributed by atoms with E-state index in [1.54, 1.807) is 0 Å². The van der Waals surface area contributed by atoms with E-state index in [1.165, 1.54) is 0 Å². The Morgan fingerprint density at radius 1 is 1.47 bits per heavy atom. The van der Waals surface area contributed by atoms with E-state index < -0.39 is 5.54 Å². The van der Waals surface area contributed by atoms with Gasteiger partial charge in [0.1, 0.15) is 5.54 Å². The second-order valence-electron chi connectivity index (χ2n) is 4.36. The first-order valence-electron chi connectivity index (χ1n) is 5.66. The largest absolute Gasteiger partial charge is 0.377 e. The number of hydrogen-bond donors (Lipinski definition) is 1. The Morgan fingerprint density at radius 3 is 2.87 bits per heavy atom. The van der Waals surface area contributed by atoms with Gasteiger partial charge in [0, 0.05) is 26.2 Å². The van der Waals surface area contributed by atoms with Crippen LogP contribution in [0.2, 0.25) is 0 Å². The topological polar surface area (TPSA) is 54.3 Å². The number of ether oxygens (including phenoxy) is 2. The van der Waals surface area contributed by atoms with Crippen molar-refractivity contribution in [2.45, 2.75) is 43.9 Å². The van der Waals surface area contributed by atoms with Crippen molar-refractivity contribution in [1.82, 2.24) is 5.32 Å². The Morgan fingerprint density at radius 2 is 2.33 bits per heavy atom. The van der Waals surface area contributed by atoms with Gasteiger partial charge in [0.15, 0.2) is 0 Å². The second kappa shape index (κ2) is 4.48. The molecule has 2 aliphatic rings. The average molecular weight is 210 g/mol. The first kappa shape index (κ1) is 10.9. The third kappa shape index (κ3) is 2.15. The summed E-state index contributed by atoms with van der Waals surface area (Å²) in [5.41, 5.74) is -0.494. The Kier molecular flexibility index (Phi) is 3.25. The molecule has 2 heterocycles. The first-order valence-corrected chi connectivity index (χ1v) is 5.66. The van der Waals surface area contributed by atoms with Gasteiger partial charge in [0.2, 0.25) is 0 Å². The lowest BCUT2D eigenvalue weighted by atomic mass is 9.93. The molecule has 0 aliphatic carbocycles. The molecule has 0 spiro atoms. The van der Waals surface area contributed by atoms with E-state index >= 15 is 0 Å². The summed E-state index contributed by atoms with van der Waals surface area (Å²) in [4.78, 5) is 0. The molecule has 0 aromatic heterocycles. The van der Waals surface area contributed by atoms with Crippen LogP contribution in [0.3, 0.4) is 0 Å². The normalized spacial score (nSPS) is 40.5. The predicted octanol–water partition coefficient (Wildman–Crippen LogP) is 0.826. The minimum Gasteiger partial charge on any atom is -0.377 e. The number of nitrogens with zero attached hydrogens (tertiary/aromatic N) is 1. The highest BCUT2D eigenvalue weighted by molar-refractivity contribution is 5.13. The van der Waals surface area contributed by atoms with E-state index in [0.717, 1.165) is 32.4 Å². The molecule has 15 heavy (non-hydrogen) atoms. The van der Waals surface area contributed by atoms with E-state index in [0.29, 0.717) is 6.61 Å². The van der Waals surface area contributed by atoms with Crippen molar-refractivity contribution in [2.24, 2.45) is 0 Å². The molecule has 2 aliphatic heterocycles. The summed E-state index contributed by atoms with van der Waals surface area (Å²) in [6.45, 7) is 4.26. The monoisotopic (exact) mass is 210 g/mol. The molecule has 1 N–H and O–H groups in total. The summed E-state index contributed by atoms with van der Waals surface area (Å²) < 4.78 is 11.0. The number of nitrogens with one attached hydrogen (secondary N) is 1. The molecule has 2 fully saturated rings. The average Bonchev–Trinajstić information content (AvgIpc) is 2.85. The fraction of sp³-hybridized carbons (Fsp3) is 0.909. The standard InChI is InChI=1S/C11H18N2O2/c1-9-11(8-12,4-6-14-9)13-7-10-3-2-5-15-10/h9-10,13H,2-7H2,1H3. The molecule has 2 saturated heterocycles. The van der Waals surface area contributed by atoms with Crippen LogP contribution in [0.15, 0.2) is 0 Å². The zero-order valence-electron chi connectivity index (χ0n) is 9.16. The highest BCUT2D eigenvalue weighted by Crippen LogP contribution is 2.25. The smallest absolute Gasteiger partial charge is 0.135 e. The Bertz CT molecular complexity index is 258. The van der Waals surface area contributed by atoms with Gasteiger partial charge in [-0.2, -0.15) is 5.26 Å². The number of rotatable bonds is 3. The third-order valence-electron chi connectivity index (χ3n) is 3.43. The summed E-state index contributed by atoms with van der Waals surface area (Å²) in [6.07, 6.45) is 3.27. The van der Waals surface area contributed by atoms with Crippen molar-refractivity contribution in [3.8, 4) is 6.07 Å². The third-order valence-corrected chi connectivity index (χ3v) is 3.43. The van der Waals surface area contributed by atoms with E-state index in [9.17, 15) is 5.26 Å². The van der Waals surface area contributed by atoms with Gasteiger partial charge in [0.05, 0.1) is 18.3 Å². The van der Waals surface area contributed by atoms with Crippen LogP contribution >= 0.6 is 0 Å². The molecule has 84 valence electrons. The van der Waals surface area contributed by atoms with Gasteiger partial charge in [-0.3, -0.25) is 5.32 Å². The van der Waals surface area contributed by atoms with Gasteiger partial charge >= 0.3 is 0 Å². The van der Waals surface area contributed by atoms with Crippen LogP contribution in [-0.2, 0) is 9.47 Å². The summed E-state index contributed by atoms with van der Waals surface area (Å²) in [5, 5.41) is 12.6. The number of nitriles is 1. The maximum atomic E-state index is 9.23. The molecule has 0 saturated carbocycles. The van der Waals surface area contributed by atoms with Crippen molar-refractivity contribution in [2.75, 3.05) is 19.8 Å². The van der Waals surface area contributed by atoms with Gasteiger partial charge in [-0.05, 0) is 19.8 Å². The van der Waals surface area contributed by atoms with Crippen molar-refractivity contribution in [3.63, 3.8) is 0 Å². The molecule has 4 heteroatoms. The minimum atomic E-state index is -0.494. The van der Waals surface area contributed by atoms with Gasteiger partial charge in [-0.25, -0.2) is 0 Å². The molecule has 3 atom stereocenters. The maximum Gasteiger partial charge on any atom is 0.135 e. The fourth-order valence-electron chi connectivity index (χ4n) is 2.26. The molecular weight excluding hydrogens is 192 g/mol. The van der Waals surface area contributed by atoms with Crippen LogP contribution in [0.5, 0.6) is 0 Å². The molecule has 3 unspecified atom stereocenters. The maximum absolute atomic E-state index is 9.23. The zero-order chi connectivity index (χ0) is 10.7. The summed E-state index contributed by atoms with van der Waals surface area (Å²) in [7, 11) is 0. The van der Waals surface area contributed by atoms with Crippen LogP contribution in [0.25, 0.3) is 0 Å². The van der Waals surface area contributed by atoms with Crippen molar-refractivity contribution in [3.05, 3.63) is 0 Å². The van der Waals surface area contributed by atoms with E-state index in [2.05, 4.69) is 11.4 Å². The zero-order valence-corrected chi connectivity index (χ0v) is 9.16. The Hall–Kier alpha value is -0.630. The lowest BCUT2D eigenvalue weighted by Crippen LogP contribution is -2.51. The fourth-order valence-corrected chi connectivity index (χ4v) is 2.26. The molecule has 0 bridgehead atoms. The van der Waals surface area contributed by atoms with Crippen LogP contribution in [0.4, 0.5) is 0 Å². The second-order valence-corrected chi connectivity index (χ2v) is 4.36. The highest BCUT2D eigenvalue weighted by Gasteiger charge is 2.42. The van der Waals surface area contributed by atoms with Gasteiger partial charge in [0.25, 0.3) is 0 Å². The molecular formula is C11H18N2O2. The molecule has 4 nitrogen and oxygen atoms in total. The summed E-state index contributed by atoms with van der Waals surface area (Å²) in [6, 6.07) is 2.36. The minimum absolute atomic E-state index is 0.0242. The SMILES string of the molecule is CC1OCCC1(C#N)NCC1CCCO1. The van der Waals surface area contributed by atoms with Gasteiger partial charge < -0.3 is 9.47 Å². The molecule has 0 radical (unpaired) electrons. The number of hydrogen-bond acceptors (Lipinski definition) is 4. The summed E-state index contributed by atoms with van der Waals surface area (Å²) >= 11 is 0. The summed E-state index contributed by atoms with van der Waals surface area (Å²) in [5.74, 6) is 0. The highest BCUT2D eigenvalue weighted by atomic mass is 16.5. The molecule has 0 amide bonds.